The number of nitrogens with one attached hydrogen (secondary N) is 1. The van der Waals surface area contributed by atoms with E-state index < -0.39 is 4.92 Å². The molecule has 1 aliphatic rings. The molecule has 0 saturated carbocycles. The topological polar surface area (TPSA) is 91.6 Å². The summed E-state index contributed by atoms with van der Waals surface area (Å²) in [5.74, 6) is 1.33. The number of aryl methyl sites for hydroxylation is 1. The Labute approximate surface area is 142 Å². The van der Waals surface area contributed by atoms with Crippen molar-refractivity contribution in [3.8, 4) is 0 Å². The molecule has 24 heavy (non-hydrogen) atoms. The largest absolute Gasteiger partial charge is 0.370 e. The minimum absolute atomic E-state index is 0.0411. The molecule has 1 N–H and O–H groups in total. The van der Waals surface area contributed by atoms with Gasteiger partial charge in [-0.1, -0.05) is 0 Å². The molecule has 0 aliphatic carbocycles. The van der Waals surface area contributed by atoms with Crippen molar-refractivity contribution >= 4 is 17.4 Å². The van der Waals surface area contributed by atoms with E-state index in [1.807, 2.05) is 0 Å². The van der Waals surface area contributed by atoms with Gasteiger partial charge in [-0.25, -0.2) is 4.98 Å². The molecule has 1 amide bonds. The molecule has 132 valence electrons. The Kier molecular flexibility index (Phi) is 6.08. The van der Waals surface area contributed by atoms with Crippen LogP contribution in [0.3, 0.4) is 0 Å². The number of carbonyl (C=O) groups excluding carboxylic acids is 1. The smallest absolute Gasteiger partial charge is 0.290 e. The van der Waals surface area contributed by atoms with Crippen LogP contribution in [-0.4, -0.2) is 65.9 Å². The lowest BCUT2D eigenvalue weighted by Crippen LogP contribution is -2.42. The van der Waals surface area contributed by atoms with Crippen LogP contribution in [-0.2, 0) is 4.79 Å². The number of rotatable bonds is 6. The van der Waals surface area contributed by atoms with E-state index in [1.165, 1.54) is 6.07 Å². The van der Waals surface area contributed by atoms with E-state index in [1.54, 1.807) is 32.0 Å². The third-order valence-corrected chi connectivity index (χ3v) is 4.39. The Hall–Kier alpha value is -2.22. The Morgan fingerprint density at radius 3 is 2.62 bits per heavy atom. The third-order valence-electron chi connectivity index (χ3n) is 4.39. The molecule has 0 atom stereocenters. The highest BCUT2D eigenvalue weighted by molar-refractivity contribution is 5.77. The van der Waals surface area contributed by atoms with Gasteiger partial charge in [-0.3, -0.25) is 19.8 Å². The summed E-state index contributed by atoms with van der Waals surface area (Å²) < 4.78 is 0. The third kappa shape index (κ3) is 4.89. The van der Waals surface area contributed by atoms with Gasteiger partial charge in [0.25, 0.3) is 5.69 Å². The number of likely N-dealkylation sites (tertiary alicyclic amines) is 1. The van der Waals surface area contributed by atoms with E-state index in [0.29, 0.717) is 24.0 Å². The highest BCUT2D eigenvalue weighted by atomic mass is 16.6. The molecule has 0 radical (unpaired) electrons. The molecule has 0 unspecified atom stereocenters. The van der Waals surface area contributed by atoms with E-state index in [-0.39, 0.29) is 11.6 Å². The first-order valence-electron chi connectivity index (χ1n) is 8.15. The van der Waals surface area contributed by atoms with Crippen molar-refractivity contribution in [3.63, 3.8) is 0 Å². The van der Waals surface area contributed by atoms with Crippen molar-refractivity contribution in [2.75, 3.05) is 45.6 Å². The predicted octanol–water partition coefficient (Wildman–Crippen LogP) is 1.51. The van der Waals surface area contributed by atoms with Gasteiger partial charge in [-0.05, 0) is 44.8 Å². The van der Waals surface area contributed by atoms with Gasteiger partial charge in [0, 0.05) is 26.7 Å². The molecule has 1 aromatic rings. The molecular weight excluding hydrogens is 310 g/mol. The van der Waals surface area contributed by atoms with Gasteiger partial charge in [-0.15, -0.1) is 0 Å². The summed E-state index contributed by atoms with van der Waals surface area (Å²) in [6, 6.07) is 3.14. The van der Waals surface area contributed by atoms with Gasteiger partial charge in [0.2, 0.25) is 5.91 Å². The number of amides is 1. The molecule has 1 saturated heterocycles. The summed E-state index contributed by atoms with van der Waals surface area (Å²) in [4.78, 5) is 30.2. The van der Waals surface area contributed by atoms with Crippen molar-refractivity contribution in [1.82, 2.24) is 14.8 Å². The van der Waals surface area contributed by atoms with Gasteiger partial charge in [0.1, 0.15) is 11.5 Å². The standard InChI is InChI=1S/C16H25N5O3/c1-12-14(21(23)24)4-5-15(18-12)17-10-13-6-8-20(9-7-13)11-16(22)19(2)3/h4-5,13H,6-11H2,1-3H3,(H,17,18). The van der Waals surface area contributed by atoms with Crippen LogP contribution in [0.15, 0.2) is 12.1 Å². The van der Waals surface area contributed by atoms with Gasteiger partial charge < -0.3 is 10.2 Å². The predicted molar refractivity (Wildman–Crippen MR) is 92.0 cm³/mol. The minimum Gasteiger partial charge on any atom is -0.370 e. The molecule has 1 aromatic heterocycles. The quantitative estimate of drug-likeness (QED) is 0.626. The average molecular weight is 335 g/mol. The number of pyridine rings is 1. The second-order valence-electron chi connectivity index (χ2n) is 6.45. The number of hydrogen-bond acceptors (Lipinski definition) is 6. The van der Waals surface area contributed by atoms with E-state index >= 15 is 0 Å². The molecule has 8 nitrogen and oxygen atoms in total. The minimum atomic E-state index is -0.420. The van der Waals surface area contributed by atoms with Crippen LogP contribution in [0.2, 0.25) is 0 Å². The van der Waals surface area contributed by atoms with Crippen LogP contribution in [0, 0.1) is 23.0 Å². The maximum Gasteiger partial charge on any atom is 0.290 e. The van der Waals surface area contributed by atoms with Crippen molar-refractivity contribution in [2.45, 2.75) is 19.8 Å². The first-order chi connectivity index (χ1) is 11.4. The van der Waals surface area contributed by atoms with Crippen LogP contribution in [0.5, 0.6) is 0 Å². The number of nitrogens with zero attached hydrogens (tertiary/aromatic N) is 4. The van der Waals surface area contributed by atoms with Crippen molar-refractivity contribution < 1.29 is 9.72 Å². The molecule has 0 aromatic carbocycles. The maximum absolute atomic E-state index is 11.7. The van der Waals surface area contributed by atoms with E-state index in [9.17, 15) is 14.9 Å². The van der Waals surface area contributed by atoms with Crippen LogP contribution in [0.4, 0.5) is 11.5 Å². The Bertz CT molecular complexity index is 597. The highest BCUT2D eigenvalue weighted by Crippen LogP contribution is 2.20. The highest BCUT2D eigenvalue weighted by Gasteiger charge is 2.21. The number of hydrogen-bond donors (Lipinski definition) is 1. The van der Waals surface area contributed by atoms with Crippen LogP contribution in [0.25, 0.3) is 0 Å². The van der Waals surface area contributed by atoms with E-state index in [0.717, 1.165) is 32.5 Å². The molecule has 2 rings (SSSR count). The number of aromatic nitrogens is 1. The lowest BCUT2D eigenvalue weighted by atomic mass is 9.97. The number of carbonyl (C=O) groups is 1. The zero-order valence-electron chi connectivity index (χ0n) is 14.5. The van der Waals surface area contributed by atoms with Crippen LogP contribution >= 0.6 is 0 Å². The molecule has 1 aliphatic heterocycles. The molecule has 1 fully saturated rings. The number of anilines is 1. The SMILES string of the molecule is Cc1nc(NCC2CCN(CC(=O)N(C)C)CC2)ccc1[N+](=O)[O-]. The summed E-state index contributed by atoms with van der Waals surface area (Å²) in [5.41, 5.74) is 0.460. The summed E-state index contributed by atoms with van der Waals surface area (Å²) in [6.45, 7) is 4.75. The molecule has 0 bridgehead atoms. The second kappa shape index (κ2) is 8.05. The maximum atomic E-state index is 11.7. The second-order valence-corrected chi connectivity index (χ2v) is 6.45. The molecular formula is C16H25N5O3. The van der Waals surface area contributed by atoms with Crippen LogP contribution < -0.4 is 5.32 Å². The van der Waals surface area contributed by atoms with Crippen molar-refractivity contribution in [3.05, 3.63) is 27.9 Å². The number of nitro groups is 1. The Balaban J connectivity index is 1.77. The zero-order valence-corrected chi connectivity index (χ0v) is 14.5. The monoisotopic (exact) mass is 335 g/mol. The summed E-state index contributed by atoms with van der Waals surface area (Å²) >= 11 is 0. The summed E-state index contributed by atoms with van der Waals surface area (Å²) in [6.07, 6.45) is 2.05. The number of piperidine rings is 1. The first kappa shape index (κ1) is 18.1. The lowest BCUT2D eigenvalue weighted by Gasteiger charge is -2.32. The summed E-state index contributed by atoms with van der Waals surface area (Å²) in [5, 5.41) is 14.1. The zero-order chi connectivity index (χ0) is 17.7. The fourth-order valence-electron chi connectivity index (χ4n) is 2.78. The number of likely N-dealkylation sites (N-methyl/N-ethyl adjacent to an activating group) is 1. The molecule has 2 heterocycles. The van der Waals surface area contributed by atoms with Crippen LogP contribution in [0.1, 0.15) is 18.5 Å². The molecule has 8 heteroatoms. The van der Waals surface area contributed by atoms with E-state index in [4.69, 9.17) is 0 Å². The Morgan fingerprint density at radius 1 is 1.42 bits per heavy atom. The molecule has 0 spiro atoms. The van der Waals surface area contributed by atoms with E-state index in [2.05, 4.69) is 15.2 Å². The van der Waals surface area contributed by atoms with Gasteiger partial charge >= 0.3 is 0 Å². The van der Waals surface area contributed by atoms with Gasteiger partial charge in [-0.2, -0.15) is 0 Å². The normalized spacial score (nSPS) is 16.0. The fourth-order valence-corrected chi connectivity index (χ4v) is 2.78. The van der Waals surface area contributed by atoms with Crippen molar-refractivity contribution in [2.24, 2.45) is 5.92 Å². The van der Waals surface area contributed by atoms with Gasteiger partial charge in [0.05, 0.1) is 11.5 Å². The van der Waals surface area contributed by atoms with Crippen molar-refractivity contribution in [1.29, 1.82) is 0 Å². The average Bonchev–Trinajstić information content (AvgIpc) is 2.53. The van der Waals surface area contributed by atoms with Gasteiger partial charge in [0.15, 0.2) is 0 Å². The lowest BCUT2D eigenvalue weighted by molar-refractivity contribution is -0.385. The first-order valence-corrected chi connectivity index (χ1v) is 8.15. The Morgan fingerprint density at radius 2 is 2.08 bits per heavy atom. The summed E-state index contributed by atoms with van der Waals surface area (Å²) in [7, 11) is 3.55. The fraction of sp³-hybridized carbons (Fsp3) is 0.625.